The molecule has 3 nitrogen and oxygen atoms in total. The molecule has 17 heavy (non-hydrogen) atoms. The third kappa shape index (κ3) is 3.33. The van der Waals surface area contributed by atoms with Crippen LogP contribution in [-0.2, 0) is 0 Å². The molecule has 0 aromatic heterocycles. The molecule has 2 rings (SSSR count). The fraction of sp³-hybridized carbons (Fsp3) is 0.417. The Hall–Kier alpha value is -0.330. The normalized spacial score (nSPS) is 19.6. The Balaban J connectivity index is 0.00000144. The maximum atomic E-state index is 12.3. The number of piperazine rings is 1. The van der Waals surface area contributed by atoms with E-state index in [0.717, 1.165) is 28.8 Å². The molecule has 0 spiro atoms. The first-order valence-electron chi connectivity index (χ1n) is 5.46. The Bertz CT molecular complexity index is 400. The summed E-state index contributed by atoms with van der Waals surface area (Å²) < 4.78 is 1.02. The number of nitrogens with one attached hydrogen (secondary N) is 1. The van der Waals surface area contributed by atoms with Crippen molar-refractivity contribution in [2.45, 2.75) is 13.0 Å². The van der Waals surface area contributed by atoms with Crippen LogP contribution in [0.4, 0.5) is 0 Å². The van der Waals surface area contributed by atoms with Gasteiger partial charge in [0.25, 0.3) is 5.91 Å². The van der Waals surface area contributed by atoms with Gasteiger partial charge in [-0.05, 0) is 41.6 Å². The molecule has 1 aliphatic rings. The number of amides is 1. The highest BCUT2D eigenvalue weighted by molar-refractivity contribution is 14.1. The summed E-state index contributed by atoms with van der Waals surface area (Å²) in [6.45, 7) is 4.65. The molecule has 1 saturated heterocycles. The number of benzene rings is 1. The largest absolute Gasteiger partial charge is 0.333 e. The van der Waals surface area contributed by atoms with Crippen molar-refractivity contribution in [1.82, 2.24) is 10.2 Å². The predicted octanol–water partition coefficient (Wildman–Crippen LogP) is 2.15. The molecule has 1 aromatic rings. The monoisotopic (exact) mass is 366 g/mol. The fourth-order valence-electron chi connectivity index (χ4n) is 1.93. The third-order valence-electron chi connectivity index (χ3n) is 2.87. The second-order valence-corrected chi connectivity index (χ2v) is 5.19. The fourth-order valence-corrected chi connectivity index (χ4v) is 2.55. The third-order valence-corrected chi connectivity index (χ3v) is 3.81. The second-order valence-electron chi connectivity index (χ2n) is 4.03. The number of rotatable bonds is 1. The molecule has 1 aliphatic heterocycles. The van der Waals surface area contributed by atoms with E-state index < -0.39 is 0 Å². The van der Waals surface area contributed by atoms with Gasteiger partial charge in [-0.3, -0.25) is 4.79 Å². The molecule has 0 aliphatic carbocycles. The minimum atomic E-state index is 0. The lowest BCUT2D eigenvalue weighted by atomic mass is 10.1. The molecular formula is C12H16ClIN2O. The van der Waals surface area contributed by atoms with Crippen LogP contribution in [0.2, 0.25) is 0 Å². The van der Waals surface area contributed by atoms with Crippen molar-refractivity contribution < 1.29 is 4.79 Å². The lowest BCUT2D eigenvalue weighted by Gasteiger charge is -2.34. The van der Waals surface area contributed by atoms with Gasteiger partial charge in [0.1, 0.15) is 0 Å². The highest BCUT2D eigenvalue weighted by Crippen LogP contribution is 2.16. The summed E-state index contributed by atoms with van der Waals surface area (Å²) in [6, 6.07) is 8.03. The Morgan fingerprint density at radius 1 is 1.47 bits per heavy atom. The number of hydrogen-bond donors (Lipinski definition) is 1. The van der Waals surface area contributed by atoms with Gasteiger partial charge in [-0.1, -0.05) is 12.1 Å². The van der Waals surface area contributed by atoms with E-state index in [4.69, 9.17) is 0 Å². The van der Waals surface area contributed by atoms with E-state index >= 15 is 0 Å². The molecule has 5 heteroatoms. The lowest BCUT2D eigenvalue weighted by molar-refractivity contribution is 0.0654. The number of carbonyl (C=O) groups is 1. The molecule has 1 heterocycles. The zero-order chi connectivity index (χ0) is 11.5. The van der Waals surface area contributed by atoms with E-state index in [0.29, 0.717) is 0 Å². The van der Waals surface area contributed by atoms with E-state index in [-0.39, 0.29) is 24.4 Å². The van der Waals surface area contributed by atoms with E-state index in [1.54, 1.807) is 0 Å². The predicted molar refractivity (Wildman–Crippen MR) is 79.8 cm³/mol. The van der Waals surface area contributed by atoms with Crippen molar-refractivity contribution in [3.63, 3.8) is 0 Å². The van der Waals surface area contributed by atoms with Crippen LogP contribution in [-0.4, -0.2) is 36.5 Å². The van der Waals surface area contributed by atoms with E-state index in [1.165, 1.54) is 0 Å². The Labute approximate surface area is 122 Å². The molecule has 0 saturated carbocycles. The van der Waals surface area contributed by atoms with E-state index in [1.807, 2.05) is 29.2 Å². The van der Waals surface area contributed by atoms with Gasteiger partial charge in [-0.2, -0.15) is 0 Å². The summed E-state index contributed by atoms with van der Waals surface area (Å²) in [5.41, 5.74) is 0.817. The molecule has 94 valence electrons. The van der Waals surface area contributed by atoms with Gasteiger partial charge in [0.05, 0.1) is 5.56 Å². The molecule has 0 radical (unpaired) electrons. The Kier molecular flexibility index (Phi) is 5.69. The highest BCUT2D eigenvalue weighted by Gasteiger charge is 2.24. The minimum Gasteiger partial charge on any atom is -0.333 e. The lowest BCUT2D eigenvalue weighted by Crippen LogP contribution is -2.52. The maximum absolute atomic E-state index is 12.3. The Morgan fingerprint density at radius 2 is 2.18 bits per heavy atom. The molecule has 0 bridgehead atoms. The second kappa shape index (κ2) is 6.56. The zero-order valence-electron chi connectivity index (χ0n) is 9.65. The molecule has 1 fully saturated rings. The molecular weight excluding hydrogens is 351 g/mol. The van der Waals surface area contributed by atoms with Crippen LogP contribution in [0.1, 0.15) is 17.3 Å². The number of hydrogen-bond acceptors (Lipinski definition) is 2. The zero-order valence-corrected chi connectivity index (χ0v) is 12.6. The van der Waals surface area contributed by atoms with Gasteiger partial charge in [-0.25, -0.2) is 0 Å². The maximum Gasteiger partial charge on any atom is 0.255 e. The standard InChI is InChI=1S/C12H15IN2O.ClH/c1-9-8-14-6-7-15(9)12(16)10-4-2-3-5-11(10)13;/h2-5,9,14H,6-8H2,1H3;1H/t9-;/m1./s1. The van der Waals surface area contributed by atoms with E-state index in [9.17, 15) is 4.79 Å². The summed E-state index contributed by atoms with van der Waals surface area (Å²) in [4.78, 5) is 14.3. The molecule has 1 atom stereocenters. The van der Waals surface area contributed by atoms with Gasteiger partial charge in [0.15, 0.2) is 0 Å². The van der Waals surface area contributed by atoms with Gasteiger partial charge in [0.2, 0.25) is 0 Å². The number of nitrogens with zero attached hydrogens (tertiary/aromatic N) is 1. The number of halogens is 2. The number of carbonyl (C=O) groups excluding carboxylic acids is 1. The van der Waals surface area contributed by atoms with Crippen molar-refractivity contribution in [2.75, 3.05) is 19.6 Å². The SMILES string of the molecule is C[C@@H]1CNCCN1C(=O)c1ccccc1I.Cl. The quantitative estimate of drug-likeness (QED) is 0.773. The smallest absolute Gasteiger partial charge is 0.255 e. The van der Waals surface area contributed by atoms with Crippen LogP contribution >= 0.6 is 35.0 Å². The first-order chi connectivity index (χ1) is 7.70. The first kappa shape index (κ1) is 14.7. The van der Waals surface area contributed by atoms with Gasteiger partial charge in [0, 0.05) is 29.2 Å². The molecule has 1 amide bonds. The van der Waals surface area contributed by atoms with Crippen LogP contribution in [0.25, 0.3) is 0 Å². The van der Waals surface area contributed by atoms with Crippen LogP contribution in [0, 0.1) is 3.57 Å². The van der Waals surface area contributed by atoms with Crippen LogP contribution < -0.4 is 5.32 Å². The minimum absolute atomic E-state index is 0. The average molecular weight is 367 g/mol. The van der Waals surface area contributed by atoms with Gasteiger partial charge >= 0.3 is 0 Å². The summed E-state index contributed by atoms with van der Waals surface area (Å²) in [6.07, 6.45) is 0. The molecule has 1 aromatic carbocycles. The van der Waals surface area contributed by atoms with Gasteiger partial charge in [-0.15, -0.1) is 12.4 Å². The van der Waals surface area contributed by atoms with Crippen molar-refractivity contribution in [3.05, 3.63) is 33.4 Å². The van der Waals surface area contributed by atoms with Crippen LogP contribution in [0.15, 0.2) is 24.3 Å². The molecule has 0 unspecified atom stereocenters. The van der Waals surface area contributed by atoms with Crippen LogP contribution in [0.3, 0.4) is 0 Å². The van der Waals surface area contributed by atoms with E-state index in [2.05, 4.69) is 34.8 Å². The average Bonchev–Trinajstić information content (AvgIpc) is 2.29. The Morgan fingerprint density at radius 3 is 2.82 bits per heavy atom. The summed E-state index contributed by atoms with van der Waals surface area (Å²) >= 11 is 2.22. The molecule has 1 N–H and O–H groups in total. The topological polar surface area (TPSA) is 32.3 Å². The summed E-state index contributed by atoms with van der Waals surface area (Å²) in [5.74, 6) is 0.152. The summed E-state index contributed by atoms with van der Waals surface area (Å²) in [7, 11) is 0. The van der Waals surface area contributed by atoms with Crippen molar-refractivity contribution in [2.24, 2.45) is 0 Å². The van der Waals surface area contributed by atoms with Crippen molar-refractivity contribution >= 4 is 40.9 Å². The van der Waals surface area contributed by atoms with Gasteiger partial charge < -0.3 is 10.2 Å². The highest BCUT2D eigenvalue weighted by atomic mass is 127. The van der Waals surface area contributed by atoms with Crippen LogP contribution in [0.5, 0.6) is 0 Å². The first-order valence-corrected chi connectivity index (χ1v) is 6.54. The van der Waals surface area contributed by atoms with Crippen molar-refractivity contribution in [3.8, 4) is 0 Å². The van der Waals surface area contributed by atoms with Crippen molar-refractivity contribution in [1.29, 1.82) is 0 Å². The summed E-state index contributed by atoms with van der Waals surface area (Å²) in [5, 5.41) is 3.29.